The van der Waals surface area contributed by atoms with Crippen molar-refractivity contribution >= 4 is 11.9 Å². The Morgan fingerprint density at radius 3 is 2.41 bits per heavy atom. The van der Waals surface area contributed by atoms with E-state index in [1.54, 1.807) is 0 Å². The van der Waals surface area contributed by atoms with Gasteiger partial charge in [0, 0.05) is 19.5 Å². The quantitative estimate of drug-likeness (QED) is 0.117. The Morgan fingerprint density at radius 1 is 1.29 bits per heavy atom. The molecule has 100 valence electrons. The topological polar surface area (TPSA) is 154 Å². The van der Waals surface area contributed by atoms with Crippen molar-refractivity contribution in [2.24, 2.45) is 16.5 Å². The molecule has 0 rings (SSSR count). The molecule has 0 saturated heterocycles. The summed E-state index contributed by atoms with van der Waals surface area (Å²) in [6, 6.07) is -0.733. The summed E-state index contributed by atoms with van der Waals surface area (Å²) in [6.45, 7) is 0.591. The number of nitrogens with two attached hydrogens (primary N) is 2. The Kier molecular flexibility index (Phi) is 8.03. The van der Waals surface area contributed by atoms with Gasteiger partial charge in [-0.15, -0.1) is 0 Å². The van der Waals surface area contributed by atoms with Gasteiger partial charge in [-0.3, -0.25) is 9.79 Å². The number of carbonyl (C=O) groups is 1. The number of aliphatic carboxylic acids is 1. The van der Waals surface area contributed by atoms with Gasteiger partial charge < -0.3 is 32.1 Å². The summed E-state index contributed by atoms with van der Waals surface area (Å²) in [7, 11) is 0. The third kappa shape index (κ3) is 9.54. The Hall–Kier alpha value is -1.38. The van der Waals surface area contributed by atoms with Gasteiger partial charge in [0.1, 0.15) is 6.04 Å². The molecule has 0 radical (unpaired) electrons. The van der Waals surface area contributed by atoms with Crippen molar-refractivity contribution in [1.82, 2.24) is 5.32 Å². The number of nitrogens with zero attached hydrogens (tertiary/aromatic N) is 1. The van der Waals surface area contributed by atoms with Crippen molar-refractivity contribution in [2.45, 2.75) is 31.6 Å². The first-order chi connectivity index (χ1) is 7.93. The van der Waals surface area contributed by atoms with Crippen molar-refractivity contribution in [3.63, 3.8) is 0 Å². The van der Waals surface area contributed by atoms with Gasteiger partial charge in [-0.2, -0.15) is 0 Å². The van der Waals surface area contributed by atoms with E-state index in [0.29, 0.717) is 19.4 Å². The molecule has 8 nitrogen and oxygen atoms in total. The standard InChI is InChI=1S/C9H20N4O4/c10-9(11)13-4-1-2-6(8(16)17)12-5-3-7(14)15/h6-7,12,14-15H,1-5H2,(H,16,17)(H4,10,11,13)/t6-/m0/s1. The third-order valence-electron chi connectivity index (χ3n) is 2.04. The zero-order valence-electron chi connectivity index (χ0n) is 9.54. The van der Waals surface area contributed by atoms with E-state index in [1.807, 2.05) is 0 Å². The van der Waals surface area contributed by atoms with Gasteiger partial charge in [0.25, 0.3) is 0 Å². The molecule has 0 fully saturated rings. The average molecular weight is 248 g/mol. The van der Waals surface area contributed by atoms with Gasteiger partial charge >= 0.3 is 5.97 Å². The third-order valence-corrected chi connectivity index (χ3v) is 2.04. The number of carboxylic acids is 1. The van der Waals surface area contributed by atoms with E-state index in [4.69, 9.17) is 26.8 Å². The van der Waals surface area contributed by atoms with E-state index in [1.165, 1.54) is 0 Å². The second kappa shape index (κ2) is 8.74. The van der Waals surface area contributed by atoms with E-state index >= 15 is 0 Å². The molecule has 0 aromatic carbocycles. The van der Waals surface area contributed by atoms with E-state index < -0.39 is 18.3 Å². The molecular weight excluding hydrogens is 228 g/mol. The number of rotatable bonds is 9. The van der Waals surface area contributed by atoms with Crippen LogP contribution in [-0.2, 0) is 4.79 Å². The lowest BCUT2D eigenvalue weighted by Gasteiger charge is -2.14. The summed E-state index contributed by atoms with van der Waals surface area (Å²) in [4.78, 5) is 14.6. The molecule has 0 unspecified atom stereocenters. The minimum Gasteiger partial charge on any atom is -0.480 e. The SMILES string of the molecule is NC(N)=NCCC[C@H](NCCC(O)O)C(=O)O. The highest BCUT2D eigenvalue weighted by Gasteiger charge is 2.15. The van der Waals surface area contributed by atoms with Crippen LogP contribution in [0.25, 0.3) is 0 Å². The molecule has 0 saturated carbocycles. The van der Waals surface area contributed by atoms with E-state index in [9.17, 15) is 4.79 Å². The molecule has 0 aliphatic heterocycles. The van der Waals surface area contributed by atoms with Crippen LogP contribution in [0.5, 0.6) is 0 Å². The fraction of sp³-hybridized carbons (Fsp3) is 0.778. The van der Waals surface area contributed by atoms with Crippen LogP contribution in [0.2, 0.25) is 0 Å². The molecule has 0 aromatic rings. The maximum absolute atomic E-state index is 10.8. The van der Waals surface area contributed by atoms with Crippen molar-refractivity contribution in [1.29, 1.82) is 0 Å². The van der Waals surface area contributed by atoms with Crippen LogP contribution in [0.4, 0.5) is 0 Å². The zero-order valence-corrected chi connectivity index (χ0v) is 9.54. The molecule has 0 heterocycles. The van der Waals surface area contributed by atoms with Crippen LogP contribution >= 0.6 is 0 Å². The number of nitrogens with one attached hydrogen (secondary N) is 1. The van der Waals surface area contributed by atoms with Crippen LogP contribution in [0.1, 0.15) is 19.3 Å². The van der Waals surface area contributed by atoms with E-state index in [0.717, 1.165) is 0 Å². The molecule has 1 atom stereocenters. The molecule has 0 aromatic heterocycles. The van der Waals surface area contributed by atoms with Gasteiger partial charge in [-0.25, -0.2) is 0 Å². The number of carboxylic acid groups (broad SMARTS) is 1. The summed E-state index contributed by atoms with van der Waals surface area (Å²) in [6.07, 6.45) is -0.451. The van der Waals surface area contributed by atoms with Crippen molar-refractivity contribution in [2.75, 3.05) is 13.1 Å². The predicted molar refractivity (Wildman–Crippen MR) is 62.2 cm³/mol. The fourth-order valence-electron chi connectivity index (χ4n) is 1.20. The Bertz CT molecular complexity index is 253. The summed E-state index contributed by atoms with van der Waals surface area (Å²) >= 11 is 0. The fourth-order valence-corrected chi connectivity index (χ4v) is 1.20. The molecule has 0 spiro atoms. The van der Waals surface area contributed by atoms with Crippen LogP contribution in [0.3, 0.4) is 0 Å². The van der Waals surface area contributed by atoms with Gasteiger partial charge in [0.05, 0.1) is 0 Å². The van der Waals surface area contributed by atoms with Crippen LogP contribution in [0, 0.1) is 0 Å². The normalized spacial score (nSPS) is 12.4. The number of aliphatic imine (C=N–C) groups is 1. The lowest BCUT2D eigenvalue weighted by Crippen LogP contribution is -2.38. The van der Waals surface area contributed by atoms with Crippen molar-refractivity contribution in [3.8, 4) is 0 Å². The summed E-state index contributed by atoms with van der Waals surface area (Å²) in [5, 5.41) is 28.8. The second-order valence-corrected chi connectivity index (χ2v) is 3.56. The number of aliphatic hydroxyl groups excluding tert-OH is 1. The minimum absolute atomic E-state index is 0.0202. The average Bonchev–Trinajstić information content (AvgIpc) is 2.20. The predicted octanol–water partition coefficient (Wildman–Crippen LogP) is -2.22. The summed E-state index contributed by atoms with van der Waals surface area (Å²) < 4.78 is 0. The van der Waals surface area contributed by atoms with Crippen LogP contribution in [0.15, 0.2) is 4.99 Å². The minimum atomic E-state index is -1.43. The monoisotopic (exact) mass is 248 g/mol. The maximum atomic E-state index is 10.8. The van der Waals surface area contributed by atoms with Crippen LogP contribution < -0.4 is 16.8 Å². The second-order valence-electron chi connectivity index (χ2n) is 3.56. The first kappa shape index (κ1) is 15.6. The molecule has 8 N–H and O–H groups in total. The molecule has 8 heteroatoms. The van der Waals surface area contributed by atoms with Crippen molar-refractivity contribution in [3.05, 3.63) is 0 Å². The maximum Gasteiger partial charge on any atom is 0.320 e. The van der Waals surface area contributed by atoms with Gasteiger partial charge in [-0.1, -0.05) is 0 Å². The number of hydrogen-bond acceptors (Lipinski definition) is 5. The first-order valence-electron chi connectivity index (χ1n) is 5.31. The van der Waals surface area contributed by atoms with Gasteiger partial charge in [-0.05, 0) is 12.8 Å². The highest BCUT2D eigenvalue weighted by molar-refractivity contribution is 5.75. The first-order valence-corrected chi connectivity index (χ1v) is 5.31. The Labute approximate surface area is 99.3 Å². The lowest BCUT2D eigenvalue weighted by atomic mass is 10.1. The van der Waals surface area contributed by atoms with Crippen LogP contribution in [-0.4, -0.2) is 52.7 Å². The van der Waals surface area contributed by atoms with Crippen molar-refractivity contribution < 1.29 is 20.1 Å². The Balaban J connectivity index is 3.83. The molecule has 0 amide bonds. The van der Waals surface area contributed by atoms with Gasteiger partial charge in [0.2, 0.25) is 0 Å². The molecule has 17 heavy (non-hydrogen) atoms. The Morgan fingerprint density at radius 2 is 1.94 bits per heavy atom. The molecular formula is C9H20N4O4. The van der Waals surface area contributed by atoms with E-state index in [2.05, 4.69) is 10.3 Å². The zero-order chi connectivity index (χ0) is 13.3. The number of guanidine groups is 1. The molecule has 0 aliphatic carbocycles. The summed E-state index contributed by atoms with van der Waals surface area (Å²) in [5.41, 5.74) is 10.2. The van der Waals surface area contributed by atoms with Gasteiger partial charge in [0.15, 0.2) is 12.2 Å². The largest absolute Gasteiger partial charge is 0.480 e. The summed E-state index contributed by atoms with van der Waals surface area (Å²) in [5.74, 6) is -1.00. The lowest BCUT2D eigenvalue weighted by molar-refractivity contribution is -0.139. The van der Waals surface area contributed by atoms with E-state index in [-0.39, 0.29) is 18.9 Å². The number of aliphatic hydroxyl groups is 2. The smallest absolute Gasteiger partial charge is 0.320 e. The number of hydrogen-bond donors (Lipinski definition) is 6. The molecule has 0 aliphatic rings. The highest BCUT2D eigenvalue weighted by atomic mass is 16.5. The molecule has 0 bridgehead atoms. The highest BCUT2D eigenvalue weighted by Crippen LogP contribution is 1.99.